The van der Waals surface area contributed by atoms with Crippen LogP contribution >= 0.6 is 0 Å². The molecule has 0 aromatic rings. The highest BCUT2D eigenvalue weighted by Crippen LogP contribution is 2.65. The summed E-state index contributed by atoms with van der Waals surface area (Å²) in [5.74, 6) is 0.380. The fourth-order valence-corrected chi connectivity index (χ4v) is 8.19. The first-order valence-electron chi connectivity index (χ1n) is 12.9. The van der Waals surface area contributed by atoms with Crippen molar-refractivity contribution in [3.8, 4) is 0 Å². The van der Waals surface area contributed by atoms with Crippen LogP contribution in [0.2, 0.25) is 0 Å². The fraction of sp³-hybridized carbons (Fsp3) is 0.808. The molecule has 4 aliphatic carbocycles. The lowest BCUT2D eigenvalue weighted by molar-refractivity contribution is -0.150. The summed E-state index contributed by atoms with van der Waals surface area (Å²) in [5, 5.41) is 33.9. The van der Waals surface area contributed by atoms with E-state index in [1.807, 2.05) is 0 Å². The van der Waals surface area contributed by atoms with E-state index in [9.17, 15) is 24.9 Å². The Kier molecular flexibility index (Phi) is 6.04. The number of aliphatic carboxylic acids is 1. The van der Waals surface area contributed by atoms with Gasteiger partial charge in [0.05, 0.1) is 17.9 Å². The van der Waals surface area contributed by atoms with Crippen LogP contribution in [-0.4, -0.2) is 69.2 Å². The molecular formula is C26H38N2O6. The monoisotopic (exact) mass is 474 g/mol. The first kappa shape index (κ1) is 23.8. The van der Waals surface area contributed by atoms with Gasteiger partial charge in [-0.15, -0.1) is 0 Å². The lowest BCUT2D eigenvalue weighted by atomic mass is 9.47. The number of fused-ring (bicyclic) bond motifs is 5. The largest absolute Gasteiger partial charge is 0.480 e. The minimum atomic E-state index is -1.11. The molecule has 0 bridgehead atoms. The number of rotatable bonds is 4. The predicted octanol–water partition coefficient (Wildman–Crippen LogP) is 2.73. The quantitative estimate of drug-likeness (QED) is 0.539. The maximum atomic E-state index is 12.4. The van der Waals surface area contributed by atoms with Crippen LogP contribution in [0, 0.1) is 28.6 Å². The average Bonchev–Trinajstić information content (AvgIpc) is 3.33. The summed E-state index contributed by atoms with van der Waals surface area (Å²) in [5.41, 5.74) is 2.52. The average molecular weight is 475 g/mol. The third kappa shape index (κ3) is 3.77. The third-order valence-corrected chi connectivity index (χ3v) is 10.2. The summed E-state index contributed by atoms with van der Waals surface area (Å²) in [6.07, 6.45) is 9.64. The molecule has 1 amide bonds. The minimum absolute atomic E-state index is 0.0117. The molecule has 1 saturated heterocycles. The fourth-order valence-electron chi connectivity index (χ4n) is 8.19. The zero-order valence-corrected chi connectivity index (χ0v) is 20.3. The highest BCUT2D eigenvalue weighted by molar-refractivity contribution is 5.96. The molecule has 5 rings (SSSR count). The Labute approximate surface area is 201 Å². The zero-order chi connectivity index (χ0) is 24.3. The second-order valence-corrected chi connectivity index (χ2v) is 11.8. The minimum Gasteiger partial charge on any atom is -0.480 e. The van der Waals surface area contributed by atoms with Crippen LogP contribution in [0.1, 0.15) is 71.6 Å². The number of amides is 1. The van der Waals surface area contributed by atoms with Gasteiger partial charge in [-0.2, -0.15) is 0 Å². The van der Waals surface area contributed by atoms with Crippen molar-refractivity contribution >= 4 is 17.6 Å². The summed E-state index contributed by atoms with van der Waals surface area (Å²) in [6, 6.07) is -1.01. The Morgan fingerprint density at radius 1 is 1.12 bits per heavy atom. The Hall–Kier alpha value is -1.93. The number of carbonyl (C=O) groups is 2. The molecular weight excluding hydrogens is 436 g/mol. The summed E-state index contributed by atoms with van der Waals surface area (Å²) in [7, 11) is 0. The van der Waals surface area contributed by atoms with Crippen molar-refractivity contribution in [2.75, 3.05) is 13.2 Å². The molecule has 1 heterocycles. The molecule has 0 aromatic carbocycles. The number of aliphatic hydroxyl groups is 2. The molecule has 1 aliphatic heterocycles. The lowest BCUT2D eigenvalue weighted by Gasteiger charge is -2.57. The maximum Gasteiger partial charge on any atom is 0.326 e. The number of β-amino-alcohol motifs (C(OH)–C–C–N with tert-alkyl or cyclic N) is 1. The molecule has 188 valence electrons. The van der Waals surface area contributed by atoms with Crippen LogP contribution in [0.4, 0.5) is 0 Å². The van der Waals surface area contributed by atoms with Gasteiger partial charge in [-0.3, -0.25) is 4.79 Å². The van der Waals surface area contributed by atoms with E-state index in [0.717, 1.165) is 44.2 Å². The third-order valence-electron chi connectivity index (χ3n) is 10.2. The zero-order valence-electron chi connectivity index (χ0n) is 20.3. The van der Waals surface area contributed by atoms with Crippen LogP contribution in [0.5, 0.6) is 0 Å². The van der Waals surface area contributed by atoms with E-state index in [1.54, 1.807) is 0 Å². The van der Waals surface area contributed by atoms with Crippen LogP contribution < -0.4 is 0 Å². The summed E-state index contributed by atoms with van der Waals surface area (Å²) < 4.78 is 0. The second kappa shape index (κ2) is 8.63. The van der Waals surface area contributed by atoms with E-state index >= 15 is 0 Å². The number of likely N-dealkylation sites (tertiary alicyclic amines) is 1. The Balaban J connectivity index is 1.24. The topological polar surface area (TPSA) is 120 Å². The molecule has 0 aromatic heterocycles. The number of oxime groups is 1. The summed E-state index contributed by atoms with van der Waals surface area (Å²) >= 11 is 0. The maximum absolute atomic E-state index is 12.4. The van der Waals surface area contributed by atoms with Gasteiger partial charge >= 0.3 is 5.97 Å². The molecule has 8 atom stereocenters. The van der Waals surface area contributed by atoms with Crippen LogP contribution in [-0.2, 0) is 14.4 Å². The molecule has 8 heteroatoms. The smallest absolute Gasteiger partial charge is 0.326 e. The highest BCUT2D eigenvalue weighted by atomic mass is 16.6. The Bertz CT molecular complexity index is 917. The molecule has 0 unspecified atom stereocenters. The molecule has 0 spiro atoms. The van der Waals surface area contributed by atoms with Crippen LogP contribution in [0.15, 0.2) is 16.8 Å². The Morgan fingerprint density at radius 3 is 2.68 bits per heavy atom. The SMILES string of the molecule is C[C@]12CC[C@H]3[C@@H](CCC4=C/C(=N/OCC(=O)N5C[C@@H](O)C[C@@H]5C(=O)O)CC[C@@]43C)[C@@H]1CC[C@@H]2O. The predicted molar refractivity (Wildman–Crippen MR) is 125 cm³/mol. The van der Waals surface area contributed by atoms with Crippen molar-refractivity contribution < 1.29 is 29.7 Å². The standard InChI is InChI=1S/C26H38N2O6/c1-25-9-7-16(27-34-14-23(31)28-13-17(29)12-21(28)24(32)33)11-15(25)3-4-18-19-5-6-22(30)26(19,2)10-8-20(18)25/h11,17-22,29-30H,3-10,12-14H2,1-2H3,(H,32,33)/b27-16+/t17-,18-,19-,20-,21+,22-,25-,26-/m0/s1. The van der Waals surface area contributed by atoms with E-state index in [-0.39, 0.29) is 36.5 Å². The summed E-state index contributed by atoms with van der Waals surface area (Å²) in [4.78, 5) is 30.3. The van der Waals surface area contributed by atoms with E-state index in [2.05, 4.69) is 25.1 Å². The van der Waals surface area contributed by atoms with Gasteiger partial charge in [0.1, 0.15) is 6.04 Å². The summed E-state index contributed by atoms with van der Waals surface area (Å²) in [6.45, 7) is 4.41. The molecule has 8 nitrogen and oxygen atoms in total. The first-order valence-corrected chi connectivity index (χ1v) is 12.9. The molecule has 4 fully saturated rings. The first-order chi connectivity index (χ1) is 16.1. The van der Waals surface area contributed by atoms with Crippen molar-refractivity contribution in [3.05, 3.63) is 11.6 Å². The van der Waals surface area contributed by atoms with Gasteiger partial charge in [0.15, 0.2) is 6.61 Å². The number of carbonyl (C=O) groups excluding carboxylic acids is 1. The number of allylic oxidation sites excluding steroid dienone is 2. The van der Waals surface area contributed by atoms with E-state index in [4.69, 9.17) is 4.84 Å². The number of carboxylic acids is 1. The van der Waals surface area contributed by atoms with Gasteiger partial charge in [0.2, 0.25) is 0 Å². The second-order valence-electron chi connectivity index (χ2n) is 11.8. The molecule has 34 heavy (non-hydrogen) atoms. The van der Waals surface area contributed by atoms with Gasteiger partial charge < -0.3 is 25.1 Å². The van der Waals surface area contributed by atoms with Crippen molar-refractivity contribution in [3.63, 3.8) is 0 Å². The normalized spacial score (nSPS) is 44.8. The van der Waals surface area contributed by atoms with Gasteiger partial charge in [-0.1, -0.05) is 24.6 Å². The van der Waals surface area contributed by atoms with Gasteiger partial charge in [0, 0.05) is 13.0 Å². The van der Waals surface area contributed by atoms with Crippen molar-refractivity contribution in [2.24, 2.45) is 33.7 Å². The van der Waals surface area contributed by atoms with Gasteiger partial charge in [-0.05, 0) is 86.0 Å². The van der Waals surface area contributed by atoms with Crippen molar-refractivity contribution in [1.29, 1.82) is 0 Å². The van der Waals surface area contributed by atoms with Crippen molar-refractivity contribution in [2.45, 2.75) is 89.9 Å². The van der Waals surface area contributed by atoms with Gasteiger partial charge in [0.25, 0.3) is 5.91 Å². The number of carboxylic acid groups (broad SMARTS) is 1. The van der Waals surface area contributed by atoms with Gasteiger partial charge in [-0.25, -0.2) is 4.79 Å². The van der Waals surface area contributed by atoms with Crippen LogP contribution in [0.3, 0.4) is 0 Å². The lowest BCUT2D eigenvalue weighted by Crippen LogP contribution is -2.51. The molecule has 3 saturated carbocycles. The molecule has 0 radical (unpaired) electrons. The van der Waals surface area contributed by atoms with E-state index < -0.39 is 24.0 Å². The highest BCUT2D eigenvalue weighted by Gasteiger charge is 2.58. The number of aliphatic hydroxyl groups excluding tert-OH is 2. The molecule has 3 N–H and O–H groups in total. The molecule has 5 aliphatic rings. The van der Waals surface area contributed by atoms with E-state index in [1.165, 1.54) is 23.3 Å². The number of nitrogens with zero attached hydrogens (tertiary/aromatic N) is 2. The number of hydrogen-bond donors (Lipinski definition) is 3. The van der Waals surface area contributed by atoms with Crippen LogP contribution in [0.25, 0.3) is 0 Å². The Morgan fingerprint density at radius 2 is 1.91 bits per heavy atom. The van der Waals surface area contributed by atoms with Crippen molar-refractivity contribution in [1.82, 2.24) is 4.90 Å². The van der Waals surface area contributed by atoms with E-state index in [0.29, 0.717) is 17.8 Å². The number of hydrogen-bond acceptors (Lipinski definition) is 6.